The molecule has 0 amide bonds. The van der Waals surface area contributed by atoms with Crippen LogP contribution in [0, 0.1) is 11.8 Å². The number of ether oxygens (including phenoxy) is 1. The highest BCUT2D eigenvalue weighted by atomic mass is 16.5. The Labute approximate surface area is 74.3 Å². The van der Waals surface area contributed by atoms with E-state index in [0.29, 0.717) is 12.5 Å². The molecule has 12 heavy (non-hydrogen) atoms. The molecule has 0 aliphatic heterocycles. The van der Waals surface area contributed by atoms with E-state index in [1.807, 2.05) is 6.92 Å². The summed E-state index contributed by atoms with van der Waals surface area (Å²) < 4.78 is 4.99. The van der Waals surface area contributed by atoms with Gasteiger partial charge < -0.3 is 4.74 Å². The number of rotatable bonds is 2. The van der Waals surface area contributed by atoms with Crippen LogP contribution < -0.4 is 0 Å². The fraction of sp³-hybridized carbons (Fsp3) is 0.900. The van der Waals surface area contributed by atoms with E-state index in [4.69, 9.17) is 4.74 Å². The molecule has 70 valence electrons. The molecule has 0 aromatic rings. The van der Waals surface area contributed by atoms with Gasteiger partial charge in [-0.1, -0.05) is 19.8 Å². The Bertz CT molecular complexity index is 154. The SMILES string of the molecule is CCOC(=O)[C@H]1CCC[C@@H](C)C1. The van der Waals surface area contributed by atoms with Crippen LogP contribution >= 0.6 is 0 Å². The zero-order valence-corrected chi connectivity index (χ0v) is 8.01. The van der Waals surface area contributed by atoms with E-state index in [1.165, 1.54) is 12.8 Å². The quantitative estimate of drug-likeness (QED) is 0.595. The van der Waals surface area contributed by atoms with Crippen molar-refractivity contribution in [2.75, 3.05) is 6.61 Å². The molecule has 1 rings (SSSR count). The van der Waals surface area contributed by atoms with Crippen LogP contribution in [0.1, 0.15) is 39.5 Å². The molecular weight excluding hydrogens is 152 g/mol. The van der Waals surface area contributed by atoms with Crippen molar-refractivity contribution in [2.24, 2.45) is 11.8 Å². The van der Waals surface area contributed by atoms with E-state index in [9.17, 15) is 4.79 Å². The first kappa shape index (κ1) is 9.56. The van der Waals surface area contributed by atoms with Crippen molar-refractivity contribution in [3.63, 3.8) is 0 Å². The van der Waals surface area contributed by atoms with Gasteiger partial charge in [-0.3, -0.25) is 4.79 Å². The molecule has 0 bridgehead atoms. The summed E-state index contributed by atoms with van der Waals surface area (Å²) in [6.07, 6.45) is 4.52. The molecule has 2 nitrogen and oxygen atoms in total. The Hall–Kier alpha value is -0.530. The average Bonchev–Trinajstić information content (AvgIpc) is 2.05. The second-order valence-corrected chi connectivity index (χ2v) is 3.72. The van der Waals surface area contributed by atoms with Gasteiger partial charge in [0.15, 0.2) is 0 Å². The smallest absolute Gasteiger partial charge is 0.308 e. The molecule has 2 heteroatoms. The minimum atomic E-state index is 0.0176. The second-order valence-electron chi connectivity index (χ2n) is 3.72. The Morgan fingerprint density at radius 2 is 2.25 bits per heavy atom. The third-order valence-electron chi connectivity index (χ3n) is 2.56. The Morgan fingerprint density at radius 1 is 1.50 bits per heavy atom. The predicted molar refractivity (Wildman–Crippen MR) is 47.8 cm³/mol. The van der Waals surface area contributed by atoms with Gasteiger partial charge in [0, 0.05) is 0 Å². The van der Waals surface area contributed by atoms with Crippen LogP contribution in [0.2, 0.25) is 0 Å². The van der Waals surface area contributed by atoms with Crippen molar-refractivity contribution in [3.8, 4) is 0 Å². The number of hydrogen-bond donors (Lipinski definition) is 0. The molecule has 0 aromatic heterocycles. The molecule has 2 atom stereocenters. The van der Waals surface area contributed by atoms with E-state index in [1.54, 1.807) is 0 Å². The summed E-state index contributed by atoms with van der Waals surface area (Å²) in [5.74, 6) is 0.908. The maximum absolute atomic E-state index is 11.3. The monoisotopic (exact) mass is 170 g/mol. The maximum atomic E-state index is 11.3. The molecule has 0 heterocycles. The Balaban J connectivity index is 2.35. The first-order chi connectivity index (χ1) is 5.74. The van der Waals surface area contributed by atoms with Crippen LogP contribution in [0.5, 0.6) is 0 Å². The zero-order chi connectivity index (χ0) is 8.97. The van der Waals surface area contributed by atoms with Crippen LogP contribution in [0.4, 0.5) is 0 Å². The summed E-state index contributed by atoms with van der Waals surface area (Å²) in [5, 5.41) is 0. The van der Waals surface area contributed by atoms with Gasteiger partial charge in [0.1, 0.15) is 0 Å². The Morgan fingerprint density at radius 3 is 2.83 bits per heavy atom. The van der Waals surface area contributed by atoms with Crippen molar-refractivity contribution >= 4 is 5.97 Å². The highest BCUT2D eigenvalue weighted by molar-refractivity contribution is 5.72. The molecule has 0 saturated heterocycles. The molecule has 1 aliphatic carbocycles. The highest BCUT2D eigenvalue weighted by Gasteiger charge is 2.25. The molecule has 0 radical (unpaired) electrons. The standard InChI is InChI=1S/C10H18O2/c1-3-12-10(11)9-6-4-5-8(2)7-9/h8-9H,3-7H2,1-2H3/t8-,9+/m1/s1. The summed E-state index contributed by atoms with van der Waals surface area (Å²) in [4.78, 5) is 11.3. The molecule has 1 fully saturated rings. The third kappa shape index (κ3) is 2.50. The first-order valence-electron chi connectivity index (χ1n) is 4.90. The van der Waals surface area contributed by atoms with Crippen molar-refractivity contribution in [2.45, 2.75) is 39.5 Å². The lowest BCUT2D eigenvalue weighted by Crippen LogP contribution is -2.23. The van der Waals surface area contributed by atoms with E-state index in [2.05, 4.69) is 6.92 Å². The highest BCUT2D eigenvalue weighted by Crippen LogP contribution is 2.29. The van der Waals surface area contributed by atoms with Crippen LogP contribution in [-0.2, 0) is 9.53 Å². The van der Waals surface area contributed by atoms with E-state index < -0.39 is 0 Å². The van der Waals surface area contributed by atoms with Crippen molar-refractivity contribution in [1.29, 1.82) is 0 Å². The van der Waals surface area contributed by atoms with Crippen molar-refractivity contribution < 1.29 is 9.53 Å². The van der Waals surface area contributed by atoms with Crippen LogP contribution in [0.3, 0.4) is 0 Å². The minimum Gasteiger partial charge on any atom is -0.466 e. The average molecular weight is 170 g/mol. The van der Waals surface area contributed by atoms with Crippen LogP contribution in [0.15, 0.2) is 0 Å². The third-order valence-corrected chi connectivity index (χ3v) is 2.56. The molecular formula is C10H18O2. The topological polar surface area (TPSA) is 26.3 Å². The van der Waals surface area contributed by atoms with E-state index >= 15 is 0 Å². The number of carbonyl (C=O) groups excluding carboxylic acids is 1. The van der Waals surface area contributed by atoms with Gasteiger partial charge in [-0.2, -0.15) is 0 Å². The lowest BCUT2D eigenvalue weighted by molar-refractivity contribution is -0.149. The minimum absolute atomic E-state index is 0.0176. The Kier molecular flexibility index (Phi) is 3.57. The normalized spacial score (nSPS) is 29.8. The summed E-state index contributed by atoms with van der Waals surface area (Å²) in [5.41, 5.74) is 0. The summed E-state index contributed by atoms with van der Waals surface area (Å²) >= 11 is 0. The van der Waals surface area contributed by atoms with Gasteiger partial charge in [0.05, 0.1) is 12.5 Å². The lowest BCUT2D eigenvalue weighted by atomic mass is 9.82. The van der Waals surface area contributed by atoms with Gasteiger partial charge in [0.25, 0.3) is 0 Å². The number of carbonyl (C=O) groups is 1. The molecule has 1 saturated carbocycles. The van der Waals surface area contributed by atoms with E-state index in [0.717, 1.165) is 12.8 Å². The summed E-state index contributed by atoms with van der Waals surface area (Å²) in [6, 6.07) is 0. The molecule has 0 unspecified atom stereocenters. The number of esters is 1. The van der Waals surface area contributed by atoms with Crippen molar-refractivity contribution in [1.82, 2.24) is 0 Å². The number of hydrogen-bond acceptors (Lipinski definition) is 2. The summed E-state index contributed by atoms with van der Waals surface area (Å²) in [7, 11) is 0. The molecule has 1 aliphatic rings. The molecule has 0 spiro atoms. The fourth-order valence-corrected chi connectivity index (χ4v) is 1.91. The van der Waals surface area contributed by atoms with Crippen LogP contribution in [-0.4, -0.2) is 12.6 Å². The fourth-order valence-electron chi connectivity index (χ4n) is 1.91. The molecule has 0 N–H and O–H groups in total. The lowest BCUT2D eigenvalue weighted by Gasteiger charge is -2.24. The van der Waals surface area contributed by atoms with Crippen LogP contribution in [0.25, 0.3) is 0 Å². The van der Waals surface area contributed by atoms with Crippen molar-refractivity contribution in [3.05, 3.63) is 0 Å². The second kappa shape index (κ2) is 4.48. The van der Waals surface area contributed by atoms with Gasteiger partial charge in [0.2, 0.25) is 0 Å². The molecule has 0 aromatic carbocycles. The predicted octanol–water partition coefficient (Wildman–Crippen LogP) is 2.38. The first-order valence-corrected chi connectivity index (χ1v) is 4.90. The van der Waals surface area contributed by atoms with E-state index in [-0.39, 0.29) is 11.9 Å². The summed E-state index contributed by atoms with van der Waals surface area (Å²) in [6.45, 7) is 4.60. The zero-order valence-electron chi connectivity index (χ0n) is 8.01. The van der Waals surface area contributed by atoms with Gasteiger partial charge >= 0.3 is 5.97 Å². The van der Waals surface area contributed by atoms with Gasteiger partial charge in [-0.15, -0.1) is 0 Å². The van der Waals surface area contributed by atoms with Gasteiger partial charge in [-0.25, -0.2) is 0 Å². The van der Waals surface area contributed by atoms with Gasteiger partial charge in [-0.05, 0) is 25.7 Å². The maximum Gasteiger partial charge on any atom is 0.308 e. The largest absolute Gasteiger partial charge is 0.466 e.